The zero-order chi connectivity index (χ0) is 10.8. The zero-order valence-electron chi connectivity index (χ0n) is 7.30. The molecule has 0 radical (unpaired) electrons. The van der Waals surface area contributed by atoms with E-state index in [4.69, 9.17) is 0 Å². The summed E-state index contributed by atoms with van der Waals surface area (Å²) in [6, 6.07) is 2.03. The summed E-state index contributed by atoms with van der Waals surface area (Å²) in [6.07, 6.45) is 0. The first-order chi connectivity index (χ1) is 6.45. The van der Waals surface area contributed by atoms with Crippen LogP contribution in [0.15, 0.2) is 12.1 Å². The van der Waals surface area contributed by atoms with E-state index < -0.39 is 17.7 Å². The van der Waals surface area contributed by atoms with Crippen LogP contribution in [0.2, 0.25) is 0 Å². The second kappa shape index (κ2) is 4.04. The molecule has 0 saturated carbocycles. The molecule has 1 rings (SSSR count). The molecule has 14 heavy (non-hydrogen) atoms. The highest BCUT2D eigenvalue weighted by atomic mass is 32.1. The van der Waals surface area contributed by atoms with Gasteiger partial charge < -0.3 is 17.7 Å². The average molecular weight is 223 g/mol. The van der Waals surface area contributed by atoms with Gasteiger partial charge in [0.15, 0.2) is 0 Å². The molecule has 0 unspecified atom stereocenters. The van der Waals surface area contributed by atoms with E-state index in [1.165, 1.54) is 0 Å². The van der Waals surface area contributed by atoms with Crippen LogP contribution in [0.5, 0.6) is 0 Å². The molecule has 0 amide bonds. The third-order valence-corrected chi connectivity index (χ3v) is 2.59. The highest BCUT2D eigenvalue weighted by molar-refractivity contribution is 7.25. The summed E-state index contributed by atoms with van der Waals surface area (Å²) in [6.45, 7) is -3.26. The van der Waals surface area contributed by atoms with Gasteiger partial charge in [-0.3, -0.25) is 0 Å². The summed E-state index contributed by atoms with van der Waals surface area (Å²) >= 11 is 0.416. The second-order valence-corrected chi connectivity index (χ2v) is 3.61. The lowest BCUT2D eigenvalue weighted by atomic mass is 9.90. The monoisotopic (exact) mass is 223 g/mol. The fourth-order valence-corrected chi connectivity index (χ4v) is 1.64. The number of carbonyl (C=O) groups excluding carboxylic acids is 1. The molecular formula is C7H7BF3O2S-. The van der Waals surface area contributed by atoms with E-state index in [0.29, 0.717) is 11.3 Å². The molecule has 0 bridgehead atoms. The highest BCUT2D eigenvalue weighted by Gasteiger charge is 2.28. The van der Waals surface area contributed by atoms with Crippen molar-refractivity contribution >= 4 is 29.1 Å². The molecule has 0 saturated heterocycles. The third-order valence-electron chi connectivity index (χ3n) is 1.43. The van der Waals surface area contributed by atoms with Crippen LogP contribution in [0, 0.1) is 0 Å². The lowest BCUT2D eigenvalue weighted by Crippen LogP contribution is -2.30. The summed E-state index contributed by atoms with van der Waals surface area (Å²) in [7, 11) is 0. The van der Waals surface area contributed by atoms with Gasteiger partial charge in [0.2, 0.25) is 0 Å². The van der Waals surface area contributed by atoms with E-state index in [0.717, 1.165) is 12.1 Å². The van der Waals surface area contributed by atoms with Gasteiger partial charge in [-0.15, -0.1) is 0 Å². The number of ether oxygens (including phenoxy) is 1. The molecule has 0 fully saturated rings. The number of thiophene rings is 1. The maximum atomic E-state index is 12.2. The molecule has 1 aromatic rings. The van der Waals surface area contributed by atoms with Gasteiger partial charge in [0.25, 0.3) is 0 Å². The van der Waals surface area contributed by atoms with Crippen molar-refractivity contribution in [2.75, 3.05) is 6.61 Å². The zero-order valence-corrected chi connectivity index (χ0v) is 8.11. The van der Waals surface area contributed by atoms with E-state index in [9.17, 15) is 17.7 Å². The summed E-state index contributed by atoms with van der Waals surface area (Å²) in [4.78, 5) is 11.0. The fourth-order valence-electron chi connectivity index (χ4n) is 0.841. The molecule has 0 atom stereocenters. The number of esters is 1. The van der Waals surface area contributed by atoms with Gasteiger partial charge in [-0.05, 0) is 13.0 Å². The second-order valence-electron chi connectivity index (χ2n) is 2.50. The van der Waals surface area contributed by atoms with Gasteiger partial charge in [-0.2, -0.15) is 11.3 Å². The molecule has 2 nitrogen and oxygen atoms in total. The SMILES string of the molecule is CCOC(=O)c1ccc([B-](F)(F)F)s1. The molecule has 0 aromatic carbocycles. The van der Waals surface area contributed by atoms with Crippen LogP contribution in [0.25, 0.3) is 0 Å². The molecule has 0 aliphatic heterocycles. The molecule has 7 heteroatoms. The van der Waals surface area contributed by atoms with Crippen LogP contribution in [-0.4, -0.2) is 19.6 Å². The predicted octanol–water partition coefficient (Wildman–Crippen LogP) is 1.98. The standard InChI is InChI=1S/C7H7BF3O2S/c1-2-13-7(12)5-3-4-6(14-5)8(9,10)11/h3-4H,2H2,1H3/q-1. The van der Waals surface area contributed by atoms with Crippen molar-refractivity contribution in [2.45, 2.75) is 6.92 Å². The van der Waals surface area contributed by atoms with Crippen LogP contribution in [0.1, 0.15) is 16.6 Å². The quantitative estimate of drug-likeness (QED) is 0.578. The van der Waals surface area contributed by atoms with Crippen LogP contribution in [-0.2, 0) is 4.74 Å². The van der Waals surface area contributed by atoms with Crippen molar-refractivity contribution in [1.82, 2.24) is 0 Å². The third kappa shape index (κ3) is 2.51. The number of hydrogen-bond donors (Lipinski definition) is 0. The van der Waals surface area contributed by atoms with Crippen molar-refractivity contribution in [3.8, 4) is 0 Å². The average Bonchev–Trinajstić information content (AvgIpc) is 2.51. The molecule has 1 heterocycles. The van der Waals surface area contributed by atoms with Gasteiger partial charge in [-0.25, -0.2) is 4.79 Å². The molecule has 1 aromatic heterocycles. The minimum absolute atomic E-state index is 0.0129. The topological polar surface area (TPSA) is 26.3 Å². The van der Waals surface area contributed by atoms with E-state index in [1.807, 2.05) is 0 Å². The number of halogens is 3. The molecule has 0 aliphatic carbocycles. The summed E-state index contributed by atoms with van der Waals surface area (Å²) in [5, 5.41) is 0. The number of rotatable bonds is 3. The van der Waals surface area contributed by atoms with Crippen LogP contribution < -0.4 is 4.78 Å². The largest absolute Gasteiger partial charge is 0.519 e. The Hall–Kier alpha value is -0.975. The normalized spacial score (nSPS) is 11.4. The Kier molecular flexibility index (Phi) is 3.20. The van der Waals surface area contributed by atoms with E-state index in [1.54, 1.807) is 6.92 Å². The number of hydrogen-bond acceptors (Lipinski definition) is 3. The Morgan fingerprint density at radius 1 is 1.50 bits per heavy atom. The van der Waals surface area contributed by atoms with E-state index in [-0.39, 0.29) is 11.5 Å². The Bertz CT molecular complexity index is 334. The lowest BCUT2D eigenvalue weighted by molar-refractivity contribution is 0.0532. The molecule has 78 valence electrons. The first-order valence-corrected chi connectivity index (χ1v) is 4.73. The van der Waals surface area contributed by atoms with Crippen LogP contribution in [0.4, 0.5) is 12.9 Å². The molecule has 0 N–H and O–H groups in total. The van der Waals surface area contributed by atoms with Crippen molar-refractivity contribution in [1.29, 1.82) is 0 Å². The Morgan fingerprint density at radius 2 is 2.14 bits per heavy atom. The first-order valence-electron chi connectivity index (χ1n) is 3.92. The van der Waals surface area contributed by atoms with Crippen molar-refractivity contribution in [3.05, 3.63) is 17.0 Å². The van der Waals surface area contributed by atoms with Crippen molar-refractivity contribution < 1.29 is 22.5 Å². The van der Waals surface area contributed by atoms with Crippen LogP contribution >= 0.6 is 11.3 Å². The predicted molar refractivity (Wildman–Crippen MR) is 49.0 cm³/mol. The van der Waals surface area contributed by atoms with Crippen LogP contribution in [0.3, 0.4) is 0 Å². The summed E-state index contributed by atoms with van der Waals surface area (Å²) in [5.41, 5.74) is 0. The Balaban J connectivity index is 2.83. The van der Waals surface area contributed by atoms with Gasteiger partial charge in [0.05, 0.1) is 6.61 Å². The summed E-state index contributed by atoms with van der Waals surface area (Å²) < 4.78 is 40.4. The molecular weight excluding hydrogens is 216 g/mol. The first kappa shape index (κ1) is 11.1. The summed E-state index contributed by atoms with van der Waals surface area (Å²) in [5.74, 6) is -0.705. The smallest absolute Gasteiger partial charge is 0.462 e. The van der Waals surface area contributed by atoms with E-state index >= 15 is 0 Å². The minimum Gasteiger partial charge on any atom is -0.462 e. The fraction of sp³-hybridized carbons (Fsp3) is 0.286. The van der Waals surface area contributed by atoms with E-state index in [2.05, 4.69) is 4.74 Å². The maximum Gasteiger partial charge on any atom is 0.519 e. The lowest BCUT2D eigenvalue weighted by Gasteiger charge is -2.10. The highest BCUT2D eigenvalue weighted by Crippen LogP contribution is 2.17. The van der Waals surface area contributed by atoms with Gasteiger partial charge in [-0.1, -0.05) is 10.8 Å². The Morgan fingerprint density at radius 3 is 2.57 bits per heavy atom. The molecule has 0 aliphatic rings. The van der Waals surface area contributed by atoms with Crippen molar-refractivity contribution in [3.63, 3.8) is 0 Å². The van der Waals surface area contributed by atoms with Gasteiger partial charge >= 0.3 is 12.9 Å². The van der Waals surface area contributed by atoms with Crippen molar-refractivity contribution in [2.24, 2.45) is 0 Å². The van der Waals surface area contributed by atoms with Gasteiger partial charge in [0, 0.05) is 0 Å². The maximum absolute atomic E-state index is 12.2. The van der Waals surface area contributed by atoms with Gasteiger partial charge in [0.1, 0.15) is 4.88 Å². The minimum atomic E-state index is -5.01. The number of carbonyl (C=O) groups is 1. The Labute approximate surface area is 82.7 Å². The molecule has 0 spiro atoms.